The van der Waals surface area contributed by atoms with Crippen LogP contribution in [0.1, 0.15) is 63.1 Å². The second kappa shape index (κ2) is 13.1. The number of rotatable bonds is 13. The van der Waals surface area contributed by atoms with E-state index in [1.807, 2.05) is 11.0 Å². The largest absolute Gasteiger partial charge is 0.506 e. The SMILES string of the molecule is Cc1cccc(CCNCCC(=O)N(CCCCCc2ccc(O)c3[nH]c(=O)sc23)CC(C)(C)C)c1. The Morgan fingerprint density at radius 2 is 1.89 bits per heavy atom. The zero-order chi connectivity index (χ0) is 26.1. The Kier molecular flexibility index (Phi) is 10.1. The molecule has 36 heavy (non-hydrogen) atoms. The van der Waals surface area contributed by atoms with Crippen LogP contribution in [0.5, 0.6) is 5.75 Å². The number of phenolic OH excluding ortho intramolecular Hbond substituents is 1. The number of phenols is 1. The highest BCUT2D eigenvalue weighted by atomic mass is 32.1. The lowest BCUT2D eigenvalue weighted by molar-refractivity contribution is -0.132. The fourth-order valence-corrected chi connectivity index (χ4v) is 5.41. The number of hydrogen-bond acceptors (Lipinski definition) is 5. The molecule has 0 saturated carbocycles. The van der Waals surface area contributed by atoms with E-state index in [0.717, 1.165) is 73.3 Å². The lowest BCUT2D eigenvalue weighted by atomic mass is 9.95. The molecule has 3 N–H and O–H groups in total. The van der Waals surface area contributed by atoms with Crippen molar-refractivity contribution in [3.63, 3.8) is 0 Å². The smallest absolute Gasteiger partial charge is 0.305 e. The number of benzene rings is 2. The number of nitrogens with zero attached hydrogens (tertiary/aromatic N) is 1. The predicted octanol–water partition coefficient (Wildman–Crippen LogP) is 5.41. The van der Waals surface area contributed by atoms with Gasteiger partial charge in [-0.1, -0.05) is 74.4 Å². The molecule has 0 aliphatic carbocycles. The molecule has 0 aliphatic heterocycles. The van der Waals surface area contributed by atoms with Gasteiger partial charge < -0.3 is 20.3 Å². The van der Waals surface area contributed by atoms with Crippen molar-refractivity contribution in [1.29, 1.82) is 0 Å². The van der Waals surface area contributed by atoms with E-state index in [1.54, 1.807) is 6.07 Å². The minimum absolute atomic E-state index is 0.0532. The minimum atomic E-state index is -0.145. The molecule has 2 aromatic carbocycles. The van der Waals surface area contributed by atoms with Gasteiger partial charge in [-0.2, -0.15) is 0 Å². The molecule has 0 unspecified atom stereocenters. The monoisotopic (exact) mass is 511 g/mol. The standard InChI is InChI=1S/C29H41N3O3S/c1-21-9-8-10-22(19-21)14-16-30-17-15-25(34)32(20-29(2,3)4)18-7-5-6-11-23-12-13-24(33)26-27(23)36-28(35)31-26/h8-10,12-13,19,30,33H,5-7,11,14-18,20H2,1-4H3,(H,31,35). The van der Waals surface area contributed by atoms with Crippen LogP contribution in [0.3, 0.4) is 0 Å². The first-order chi connectivity index (χ1) is 17.1. The van der Waals surface area contributed by atoms with E-state index >= 15 is 0 Å². The van der Waals surface area contributed by atoms with Crippen molar-refractivity contribution in [2.75, 3.05) is 26.2 Å². The average Bonchev–Trinajstić information content (AvgIpc) is 3.21. The van der Waals surface area contributed by atoms with E-state index in [9.17, 15) is 14.7 Å². The summed E-state index contributed by atoms with van der Waals surface area (Å²) in [6, 6.07) is 12.1. The van der Waals surface area contributed by atoms with Crippen molar-refractivity contribution in [3.8, 4) is 5.75 Å². The van der Waals surface area contributed by atoms with Crippen molar-refractivity contribution < 1.29 is 9.90 Å². The summed E-state index contributed by atoms with van der Waals surface area (Å²) in [5.74, 6) is 0.332. The summed E-state index contributed by atoms with van der Waals surface area (Å²) in [5.41, 5.74) is 4.28. The second-order valence-corrected chi connectivity index (χ2v) is 11.9. The molecule has 3 aromatic rings. The molecule has 0 saturated heterocycles. The number of thiazole rings is 1. The van der Waals surface area contributed by atoms with Crippen LogP contribution in [-0.4, -0.2) is 47.1 Å². The number of carbonyl (C=O) groups is 1. The second-order valence-electron chi connectivity index (χ2n) is 10.9. The number of hydrogen-bond donors (Lipinski definition) is 3. The minimum Gasteiger partial charge on any atom is -0.506 e. The van der Waals surface area contributed by atoms with Crippen molar-refractivity contribution in [2.45, 2.75) is 66.2 Å². The normalized spacial score (nSPS) is 11.8. The van der Waals surface area contributed by atoms with E-state index in [4.69, 9.17) is 0 Å². The topological polar surface area (TPSA) is 85.4 Å². The molecule has 6 nitrogen and oxygen atoms in total. The van der Waals surface area contributed by atoms with Gasteiger partial charge in [0, 0.05) is 26.1 Å². The van der Waals surface area contributed by atoms with Crippen molar-refractivity contribution >= 4 is 27.5 Å². The van der Waals surface area contributed by atoms with Gasteiger partial charge in [0.2, 0.25) is 5.91 Å². The number of aryl methyl sites for hydroxylation is 2. The van der Waals surface area contributed by atoms with Gasteiger partial charge >= 0.3 is 4.87 Å². The molecule has 0 aliphatic rings. The van der Waals surface area contributed by atoms with Crippen LogP contribution in [0, 0.1) is 12.3 Å². The summed E-state index contributed by atoms with van der Waals surface area (Å²) >= 11 is 1.15. The highest BCUT2D eigenvalue weighted by Gasteiger charge is 2.20. The number of nitrogens with one attached hydrogen (secondary N) is 2. The Morgan fingerprint density at radius 3 is 2.64 bits per heavy atom. The van der Waals surface area contributed by atoms with Gasteiger partial charge in [0.1, 0.15) is 11.3 Å². The van der Waals surface area contributed by atoms with Gasteiger partial charge in [0.15, 0.2) is 0 Å². The average molecular weight is 512 g/mol. The van der Waals surface area contributed by atoms with E-state index in [0.29, 0.717) is 18.5 Å². The molecule has 3 rings (SSSR count). The molecule has 0 fully saturated rings. The fourth-order valence-electron chi connectivity index (χ4n) is 4.51. The number of fused-ring (bicyclic) bond motifs is 1. The first kappa shape index (κ1) is 27.9. The predicted molar refractivity (Wildman–Crippen MR) is 150 cm³/mol. The maximum atomic E-state index is 13.0. The first-order valence-electron chi connectivity index (χ1n) is 13.0. The third-order valence-electron chi connectivity index (χ3n) is 6.22. The zero-order valence-corrected chi connectivity index (χ0v) is 23.0. The van der Waals surface area contributed by atoms with Gasteiger partial charge in [-0.15, -0.1) is 0 Å². The lowest BCUT2D eigenvalue weighted by Crippen LogP contribution is -2.39. The van der Waals surface area contributed by atoms with Gasteiger partial charge in [0.25, 0.3) is 0 Å². The summed E-state index contributed by atoms with van der Waals surface area (Å²) in [4.78, 5) is 29.3. The van der Waals surface area contributed by atoms with Crippen LogP contribution in [0.25, 0.3) is 10.2 Å². The van der Waals surface area contributed by atoms with Crippen LogP contribution in [0.4, 0.5) is 0 Å². The number of H-pyrrole nitrogens is 1. The summed E-state index contributed by atoms with van der Waals surface area (Å²) in [7, 11) is 0. The lowest BCUT2D eigenvalue weighted by Gasteiger charge is -2.30. The molecule has 1 heterocycles. The number of unbranched alkanes of at least 4 members (excludes halogenated alkanes) is 2. The molecule has 0 atom stereocenters. The molecule has 0 bridgehead atoms. The van der Waals surface area contributed by atoms with Crippen LogP contribution in [0.15, 0.2) is 41.2 Å². The summed E-state index contributed by atoms with van der Waals surface area (Å²) in [6.07, 6.45) is 5.26. The number of aromatic nitrogens is 1. The maximum absolute atomic E-state index is 13.0. The summed E-state index contributed by atoms with van der Waals surface area (Å²) < 4.78 is 0.847. The Bertz CT molecular complexity index is 1190. The molecule has 1 aromatic heterocycles. The van der Waals surface area contributed by atoms with E-state index in [-0.39, 0.29) is 21.9 Å². The Labute approximate surface area is 218 Å². The molecule has 7 heteroatoms. The quantitative estimate of drug-likeness (QED) is 0.268. The Morgan fingerprint density at radius 1 is 1.08 bits per heavy atom. The van der Waals surface area contributed by atoms with Crippen molar-refractivity contribution in [2.24, 2.45) is 5.41 Å². The van der Waals surface area contributed by atoms with E-state index < -0.39 is 0 Å². The summed E-state index contributed by atoms with van der Waals surface area (Å²) in [5, 5.41) is 13.4. The van der Waals surface area contributed by atoms with Gasteiger partial charge in [-0.25, -0.2) is 0 Å². The Hall–Kier alpha value is -2.64. The van der Waals surface area contributed by atoms with E-state index in [2.05, 4.69) is 62.3 Å². The third kappa shape index (κ3) is 8.79. The first-order valence-corrected chi connectivity index (χ1v) is 13.8. The van der Waals surface area contributed by atoms with Crippen molar-refractivity contribution in [1.82, 2.24) is 15.2 Å². The molecule has 196 valence electrons. The summed E-state index contributed by atoms with van der Waals surface area (Å²) in [6.45, 7) is 11.7. The van der Waals surface area contributed by atoms with Crippen LogP contribution < -0.4 is 10.2 Å². The third-order valence-corrected chi connectivity index (χ3v) is 7.18. The van der Waals surface area contributed by atoms with Crippen LogP contribution in [0.2, 0.25) is 0 Å². The van der Waals surface area contributed by atoms with Crippen LogP contribution >= 0.6 is 11.3 Å². The highest BCUT2D eigenvalue weighted by Crippen LogP contribution is 2.28. The number of amides is 1. The van der Waals surface area contributed by atoms with Crippen molar-refractivity contribution in [3.05, 3.63) is 62.8 Å². The maximum Gasteiger partial charge on any atom is 0.305 e. The van der Waals surface area contributed by atoms with Gasteiger partial charge in [0.05, 0.1) is 4.70 Å². The number of aromatic hydroxyl groups is 1. The molecule has 0 radical (unpaired) electrons. The van der Waals surface area contributed by atoms with Gasteiger partial charge in [-0.05, 0) is 61.8 Å². The number of aromatic amines is 1. The molecule has 0 spiro atoms. The van der Waals surface area contributed by atoms with Gasteiger partial charge in [-0.3, -0.25) is 9.59 Å². The fraction of sp³-hybridized carbons (Fsp3) is 0.517. The van der Waals surface area contributed by atoms with E-state index in [1.165, 1.54) is 11.1 Å². The Balaban J connectivity index is 1.42. The van der Waals surface area contributed by atoms with Crippen LogP contribution in [-0.2, 0) is 17.6 Å². The molecular weight excluding hydrogens is 470 g/mol. The highest BCUT2D eigenvalue weighted by molar-refractivity contribution is 7.16. The molecule has 1 amide bonds. The zero-order valence-electron chi connectivity index (χ0n) is 22.2. The molecular formula is C29H41N3O3S. The number of carbonyl (C=O) groups excluding carboxylic acids is 1.